The molecule has 3 rings (SSSR count). The quantitative estimate of drug-likeness (QED) is 0.849. The van der Waals surface area contributed by atoms with Gasteiger partial charge in [-0.1, -0.05) is 19.3 Å². The lowest BCUT2D eigenvalue weighted by molar-refractivity contribution is -0.130. The molecular weight excluding hydrogens is 338 g/mol. The highest BCUT2D eigenvalue weighted by Gasteiger charge is 2.35. The fourth-order valence-electron chi connectivity index (χ4n) is 3.02. The fourth-order valence-corrected chi connectivity index (χ4v) is 3.74. The molecule has 0 saturated heterocycles. The van der Waals surface area contributed by atoms with Crippen LogP contribution in [0, 0.1) is 11.3 Å². The van der Waals surface area contributed by atoms with E-state index in [2.05, 4.69) is 16.4 Å². The van der Waals surface area contributed by atoms with E-state index in [-0.39, 0.29) is 0 Å². The van der Waals surface area contributed by atoms with Crippen molar-refractivity contribution in [2.45, 2.75) is 50.7 Å². The first-order chi connectivity index (χ1) is 12.0. The predicted octanol–water partition coefficient (Wildman–Crippen LogP) is 3.18. The van der Waals surface area contributed by atoms with Crippen molar-refractivity contribution < 1.29 is 14.3 Å². The molecule has 1 aromatic carbocycles. The lowest BCUT2D eigenvalue weighted by atomic mass is 9.83. The molecule has 1 aliphatic carbocycles. The SMILES string of the molecule is CC(OC(=O)c1ccc2ncsc2c1)C(=O)NC1(C#N)CCCCC1. The normalized spacial score (nSPS) is 17.4. The maximum absolute atomic E-state index is 12.4. The lowest BCUT2D eigenvalue weighted by Gasteiger charge is -2.32. The van der Waals surface area contributed by atoms with Gasteiger partial charge in [0.25, 0.3) is 5.91 Å². The number of carbonyl (C=O) groups excluding carboxylic acids is 2. The number of thiazole rings is 1. The van der Waals surface area contributed by atoms with Crippen LogP contribution in [-0.2, 0) is 9.53 Å². The predicted molar refractivity (Wildman–Crippen MR) is 94.1 cm³/mol. The summed E-state index contributed by atoms with van der Waals surface area (Å²) in [6.07, 6.45) is 3.21. The first-order valence-electron chi connectivity index (χ1n) is 8.30. The molecule has 1 N–H and O–H groups in total. The zero-order chi connectivity index (χ0) is 17.9. The van der Waals surface area contributed by atoms with Gasteiger partial charge in [-0.3, -0.25) is 4.79 Å². The van der Waals surface area contributed by atoms with E-state index in [0.29, 0.717) is 18.4 Å². The molecule has 0 aliphatic heterocycles. The molecule has 1 aromatic heterocycles. The number of fused-ring (bicyclic) bond motifs is 1. The zero-order valence-corrected chi connectivity index (χ0v) is 14.8. The zero-order valence-electron chi connectivity index (χ0n) is 13.9. The Morgan fingerprint density at radius 2 is 2.12 bits per heavy atom. The number of hydrogen-bond acceptors (Lipinski definition) is 6. The number of benzene rings is 1. The number of nitrogens with zero attached hydrogens (tertiary/aromatic N) is 2. The number of aromatic nitrogens is 1. The maximum atomic E-state index is 12.4. The van der Waals surface area contributed by atoms with E-state index in [9.17, 15) is 14.9 Å². The smallest absolute Gasteiger partial charge is 0.338 e. The Kier molecular flexibility index (Phi) is 5.00. The summed E-state index contributed by atoms with van der Waals surface area (Å²) in [5, 5.41) is 12.2. The summed E-state index contributed by atoms with van der Waals surface area (Å²) >= 11 is 1.44. The third-order valence-corrected chi connectivity index (χ3v) is 5.30. The number of esters is 1. The van der Waals surface area contributed by atoms with Crippen molar-refractivity contribution in [1.82, 2.24) is 10.3 Å². The molecule has 1 atom stereocenters. The summed E-state index contributed by atoms with van der Waals surface area (Å²) in [6.45, 7) is 1.52. The Balaban J connectivity index is 1.64. The van der Waals surface area contributed by atoms with Gasteiger partial charge in [-0.05, 0) is 38.0 Å². The molecule has 2 aromatic rings. The van der Waals surface area contributed by atoms with Crippen LogP contribution in [0.5, 0.6) is 0 Å². The first kappa shape index (κ1) is 17.4. The van der Waals surface area contributed by atoms with Crippen LogP contribution >= 0.6 is 11.3 Å². The number of amides is 1. The van der Waals surface area contributed by atoms with Gasteiger partial charge in [-0.2, -0.15) is 5.26 Å². The number of rotatable bonds is 4. The molecule has 1 amide bonds. The molecule has 0 radical (unpaired) electrons. The van der Waals surface area contributed by atoms with Crippen molar-refractivity contribution in [2.24, 2.45) is 0 Å². The van der Waals surface area contributed by atoms with E-state index in [1.165, 1.54) is 18.3 Å². The molecule has 0 bridgehead atoms. The van der Waals surface area contributed by atoms with E-state index in [4.69, 9.17) is 4.74 Å². The Morgan fingerprint density at radius 3 is 2.84 bits per heavy atom. The number of carbonyl (C=O) groups is 2. The van der Waals surface area contributed by atoms with Crippen molar-refractivity contribution in [2.75, 3.05) is 0 Å². The number of nitrogens with one attached hydrogen (secondary N) is 1. The number of nitriles is 1. The van der Waals surface area contributed by atoms with E-state index < -0.39 is 23.5 Å². The van der Waals surface area contributed by atoms with Crippen molar-refractivity contribution in [3.8, 4) is 6.07 Å². The van der Waals surface area contributed by atoms with Gasteiger partial charge in [0.15, 0.2) is 6.10 Å². The van der Waals surface area contributed by atoms with Gasteiger partial charge in [-0.25, -0.2) is 9.78 Å². The molecule has 7 heteroatoms. The van der Waals surface area contributed by atoms with Gasteiger partial charge in [0, 0.05) is 0 Å². The van der Waals surface area contributed by atoms with Crippen LogP contribution in [0.15, 0.2) is 23.7 Å². The van der Waals surface area contributed by atoms with E-state index in [0.717, 1.165) is 29.5 Å². The summed E-state index contributed by atoms with van der Waals surface area (Å²) in [4.78, 5) is 28.8. The van der Waals surface area contributed by atoms with Crippen molar-refractivity contribution >= 4 is 33.4 Å². The average Bonchev–Trinajstić information content (AvgIpc) is 3.10. The second kappa shape index (κ2) is 7.19. The largest absolute Gasteiger partial charge is 0.449 e. The van der Waals surface area contributed by atoms with Gasteiger partial charge in [-0.15, -0.1) is 11.3 Å². The van der Waals surface area contributed by atoms with Crippen LogP contribution in [0.25, 0.3) is 10.2 Å². The summed E-state index contributed by atoms with van der Waals surface area (Å²) in [5.74, 6) is -0.997. The van der Waals surface area contributed by atoms with Crippen LogP contribution in [0.2, 0.25) is 0 Å². The molecule has 1 unspecified atom stereocenters. The van der Waals surface area contributed by atoms with Crippen LogP contribution < -0.4 is 5.32 Å². The highest BCUT2D eigenvalue weighted by molar-refractivity contribution is 7.16. The van der Waals surface area contributed by atoms with Crippen molar-refractivity contribution in [1.29, 1.82) is 5.26 Å². The molecule has 0 spiro atoms. The van der Waals surface area contributed by atoms with E-state index in [1.807, 2.05) is 0 Å². The lowest BCUT2D eigenvalue weighted by Crippen LogP contribution is -2.52. The standard InChI is InChI=1S/C18H19N3O3S/c1-12(16(22)21-18(10-19)7-3-2-4-8-18)24-17(23)13-5-6-14-15(9-13)25-11-20-14/h5-6,9,11-12H,2-4,7-8H2,1H3,(H,21,22). The van der Waals surface area contributed by atoms with Crippen LogP contribution in [0.4, 0.5) is 0 Å². The molecule has 1 heterocycles. The first-order valence-corrected chi connectivity index (χ1v) is 9.18. The van der Waals surface area contributed by atoms with Gasteiger partial charge in [0.1, 0.15) is 5.54 Å². The minimum atomic E-state index is -0.961. The minimum absolute atomic E-state index is 0.379. The Hall–Kier alpha value is -2.46. The number of hydrogen-bond donors (Lipinski definition) is 1. The highest BCUT2D eigenvalue weighted by Crippen LogP contribution is 2.27. The van der Waals surface area contributed by atoms with Crippen LogP contribution in [0.3, 0.4) is 0 Å². The summed E-state index contributed by atoms with van der Waals surface area (Å²) in [5.41, 5.74) is 2.07. The van der Waals surface area contributed by atoms with Crippen LogP contribution in [-0.4, -0.2) is 28.5 Å². The Labute approximate surface area is 149 Å². The summed E-state index contributed by atoms with van der Waals surface area (Å²) < 4.78 is 6.16. The second-order valence-electron chi connectivity index (χ2n) is 6.33. The molecule has 25 heavy (non-hydrogen) atoms. The molecular formula is C18H19N3O3S. The topological polar surface area (TPSA) is 92.1 Å². The molecule has 130 valence electrons. The third kappa shape index (κ3) is 3.80. The highest BCUT2D eigenvalue weighted by atomic mass is 32.1. The Morgan fingerprint density at radius 1 is 1.36 bits per heavy atom. The third-order valence-electron chi connectivity index (χ3n) is 4.50. The number of ether oxygens (including phenoxy) is 1. The average molecular weight is 357 g/mol. The summed E-state index contributed by atoms with van der Waals surface area (Å²) in [7, 11) is 0. The fraction of sp³-hybridized carbons (Fsp3) is 0.444. The second-order valence-corrected chi connectivity index (χ2v) is 7.21. The molecule has 1 fully saturated rings. The van der Waals surface area contributed by atoms with E-state index in [1.54, 1.807) is 23.7 Å². The monoisotopic (exact) mass is 357 g/mol. The van der Waals surface area contributed by atoms with Gasteiger partial charge < -0.3 is 10.1 Å². The molecule has 1 saturated carbocycles. The minimum Gasteiger partial charge on any atom is -0.449 e. The van der Waals surface area contributed by atoms with Gasteiger partial charge >= 0.3 is 5.97 Å². The van der Waals surface area contributed by atoms with Crippen molar-refractivity contribution in [3.63, 3.8) is 0 Å². The van der Waals surface area contributed by atoms with Gasteiger partial charge in [0.05, 0.1) is 27.4 Å². The molecule has 1 aliphatic rings. The molecule has 6 nitrogen and oxygen atoms in total. The van der Waals surface area contributed by atoms with Crippen molar-refractivity contribution in [3.05, 3.63) is 29.3 Å². The van der Waals surface area contributed by atoms with E-state index >= 15 is 0 Å². The van der Waals surface area contributed by atoms with Crippen LogP contribution in [0.1, 0.15) is 49.4 Å². The summed E-state index contributed by atoms with van der Waals surface area (Å²) in [6, 6.07) is 7.32. The van der Waals surface area contributed by atoms with Gasteiger partial charge in [0.2, 0.25) is 0 Å². The Bertz CT molecular complexity index is 833. The maximum Gasteiger partial charge on any atom is 0.338 e.